The van der Waals surface area contributed by atoms with E-state index in [1.165, 1.54) is 57.3 Å². The Kier molecular flexibility index (Phi) is 7.37. The van der Waals surface area contributed by atoms with Crippen LogP contribution in [0.4, 0.5) is 5.69 Å². The summed E-state index contributed by atoms with van der Waals surface area (Å²) in [5, 5.41) is 7.19. The summed E-state index contributed by atoms with van der Waals surface area (Å²) in [6, 6.07) is 9.75. The van der Waals surface area contributed by atoms with Crippen LogP contribution >= 0.6 is 0 Å². The Morgan fingerprint density at radius 1 is 1.13 bits per heavy atom. The molecular weight excluding hydrogens is 374 g/mol. The van der Waals surface area contributed by atoms with Crippen LogP contribution in [0.3, 0.4) is 0 Å². The van der Waals surface area contributed by atoms with Gasteiger partial charge in [0.2, 0.25) is 0 Å². The molecule has 2 heterocycles. The molecule has 6 nitrogen and oxygen atoms in total. The molecule has 0 amide bonds. The molecule has 3 aliphatic rings. The first-order valence-electron chi connectivity index (χ1n) is 11.9. The van der Waals surface area contributed by atoms with E-state index in [2.05, 4.69) is 45.6 Å². The van der Waals surface area contributed by atoms with Gasteiger partial charge in [-0.25, -0.2) is 0 Å². The first-order chi connectivity index (χ1) is 14.7. The number of ether oxygens (including phenoxy) is 1. The van der Waals surface area contributed by atoms with Crippen molar-refractivity contribution in [2.24, 2.45) is 10.9 Å². The van der Waals surface area contributed by atoms with Gasteiger partial charge in [-0.05, 0) is 50.7 Å². The number of rotatable bonds is 7. The molecule has 2 unspecified atom stereocenters. The average Bonchev–Trinajstić information content (AvgIpc) is 3.54. The fourth-order valence-electron chi connectivity index (χ4n) is 5.26. The number of benzene rings is 1. The van der Waals surface area contributed by atoms with Crippen LogP contribution in [-0.2, 0) is 0 Å². The Bertz CT molecular complexity index is 703. The van der Waals surface area contributed by atoms with E-state index in [1.54, 1.807) is 7.11 Å². The SMILES string of the molecule is CCNC(=NCC1CCN(c2cccc(OC)c2)C1)NC1CCN(C2CCCC2)C1. The van der Waals surface area contributed by atoms with Crippen molar-refractivity contribution in [1.82, 2.24) is 15.5 Å². The van der Waals surface area contributed by atoms with Crippen LogP contribution in [0.2, 0.25) is 0 Å². The molecule has 3 fully saturated rings. The molecular formula is C24H39N5O. The molecule has 30 heavy (non-hydrogen) atoms. The van der Waals surface area contributed by atoms with Crippen molar-refractivity contribution < 1.29 is 4.74 Å². The normalized spacial score (nSPS) is 25.8. The standard InChI is InChI=1S/C24H39N5O/c1-3-25-24(27-20-12-14-29(18-20)21-7-4-5-8-21)26-16-19-11-13-28(17-19)22-9-6-10-23(15-22)30-2/h6,9-10,15,19-21H,3-5,7-8,11-14,16-18H2,1-2H3,(H2,25,26,27). The van der Waals surface area contributed by atoms with E-state index < -0.39 is 0 Å². The molecule has 6 heteroatoms. The predicted molar refractivity (Wildman–Crippen MR) is 125 cm³/mol. The highest BCUT2D eigenvalue weighted by Gasteiger charge is 2.30. The minimum absolute atomic E-state index is 0.528. The highest BCUT2D eigenvalue weighted by Crippen LogP contribution is 2.28. The Morgan fingerprint density at radius 2 is 2.00 bits per heavy atom. The van der Waals surface area contributed by atoms with Gasteiger partial charge in [-0.3, -0.25) is 9.89 Å². The number of anilines is 1. The molecule has 1 aliphatic carbocycles. The summed E-state index contributed by atoms with van der Waals surface area (Å²) in [6.07, 6.45) is 8.04. The second kappa shape index (κ2) is 10.4. The number of nitrogens with one attached hydrogen (secondary N) is 2. The van der Waals surface area contributed by atoms with Crippen molar-refractivity contribution in [3.05, 3.63) is 24.3 Å². The number of nitrogens with zero attached hydrogens (tertiary/aromatic N) is 3. The lowest BCUT2D eigenvalue weighted by molar-refractivity contribution is 0.242. The Morgan fingerprint density at radius 3 is 2.80 bits per heavy atom. The van der Waals surface area contributed by atoms with E-state index in [9.17, 15) is 0 Å². The first-order valence-corrected chi connectivity index (χ1v) is 11.9. The molecule has 166 valence electrons. The summed E-state index contributed by atoms with van der Waals surface area (Å²) in [7, 11) is 1.73. The van der Waals surface area contributed by atoms with E-state index in [0.29, 0.717) is 12.0 Å². The van der Waals surface area contributed by atoms with Crippen LogP contribution in [0.5, 0.6) is 5.75 Å². The van der Waals surface area contributed by atoms with Crippen molar-refractivity contribution in [2.75, 3.05) is 51.3 Å². The summed E-state index contributed by atoms with van der Waals surface area (Å²) in [5.41, 5.74) is 1.25. The van der Waals surface area contributed by atoms with Crippen molar-refractivity contribution in [3.63, 3.8) is 0 Å². The summed E-state index contributed by atoms with van der Waals surface area (Å²) >= 11 is 0. The quantitative estimate of drug-likeness (QED) is 0.531. The molecule has 2 atom stereocenters. The number of guanidine groups is 1. The van der Waals surface area contributed by atoms with Gasteiger partial charge in [0.1, 0.15) is 5.75 Å². The van der Waals surface area contributed by atoms with Crippen LogP contribution in [0.25, 0.3) is 0 Å². The predicted octanol–water partition coefficient (Wildman–Crippen LogP) is 3.09. The van der Waals surface area contributed by atoms with E-state index in [1.807, 2.05) is 6.07 Å². The molecule has 2 saturated heterocycles. The van der Waals surface area contributed by atoms with Gasteiger partial charge in [-0.15, -0.1) is 0 Å². The number of hydrogen-bond acceptors (Lipinski definition) is 4. The fourth-order valence-corrected chi connectivity index (χ4v) is 5.26. The van der Waals surface area contributed by atoms with Crippen molar-refractivity contribution in [1.29, 1.82) is 0 Å². The molecule has 2 aliphatic heterocycles. The van der Waals surface area contributed by atoms with Crippen molar-refractivity contribution in [3.8, 4) is 5.75 Å². The maximum Gasteiger partial charge on any atom is 0.191 e. The largest absolute Gasteiger partial charge is 0.497 e. The molecule has 1 saturated carbocycles. The van der Waals surface area contributed by atoms with Crippen LogP contribution < -0.4 is 20.3 Å². The molecule has 0 spiro atoms. The minimum Gasteiger partial charge on any atom is -0.497 e. The zero-order valence-electron chi connectivity index (χ0n) is 18.8. The molecule has 0 radical (unpaired) electrons. The summed E-state index contributed by atoms with van der Waals surface area (Å²) in [6.45, 7) is 8.50. The number of likely N-dealkylation sites (tertiary alicyclic amines) is 1. The zero-order chi connectivity index (χ0) is 20.8. The Hall–Kier alpha value is -1.95. The molecule has 0 bridgehead atoms. The third-order valence-corrected chi connectivity index (χ3v) is 6.96. The van der Waals surface area contributed by atoms with Crippen molar-refractivity contribution >= 4 is 11.6 Å². The van der Waals surface area contributed by atoms with Crippen LogP contribution in [0.15, 0.2) is 29.3 Å². The number of methoxy groups -OCH3 is 1. The maximum absolute atomic E-state index is 5.38. The van der Waals surface area contributed by atoms with E-state index in [4.69, 9.17) is 9.73 Å². The Labute approximate surface area is 182 Å². The third-order valence-electron chi connectivity index (χ3n) is 6.96. The maximum atomic E-state index is 5.38. The Balaban J connectivity index is 1.27. The number of aliphatic imine (C=N–C) groups is 1. The highest BCUT2D eigenvalue weighted by atomic mass is 16.5. The topological polar surface area (TPSA) is 52.1 Å². The highest BCUT2D eigenvalue weighted by molar-refractivity contribution is 5.80. The minimum atomic E-state index is 0.528. The van der Waals surface area contributed by atoms with Gasteiger partial charge in [-0.2, -0.15) is 0 Å². The van der Waals surface area contributed by atoms with Gasteiger partial charge in [0.15, 0.2) is 5.96 Å². The lowest BCUT2D eigenvalue weighted by atomic mass is 10.1. The monoisotopic (exact) mass is 413 g/mol. The van der Waals surface area contributed by atoms with Crippen LogP contribution in [0, 0.1) is 5.92 Å². The van der Waals surface area contributed by atoms with Crippen LogP contribution in [-0.4, -0.2) is 69.3 Å². The fraction of sp³-hybridized carbons (Fsp3) is 0.708. The lowest BCUT2D eigenvalue weighted by Gasteiger charge is -2.24. The second-order valence-electron chi connectivity index (χ2n) is 9.08. The van der Waals surface area contributed by atoms with Gasteiger partial charge in [-0.1, -0.05) is 18.9 Å². The second-order valence-corrected chi connectivity index (χ2v) is 9.08. The summed E-state index contributed by atoms with van der Waals surface area (Å²) < 4.78 is 5.38. The lowest BCUT2D eigenvalue weighted by Crippen LogP contribution is -2.45. The van der Waals surface area contributed by atoms with Gasteiger partial charge < -0.3 is 20.3 Å². The van der Waals surface area contributed by atoms with Crippen LogP contribution in [0.1, 0.15) is 45.4 Å². The molecule has 1 aromatic rings. The van der Waals surface area contributed by atoms with Gasteiger partial charge in [0.05, 0.1) is 7.11 Å². The van der Waals surface area contributed by atoms with E-state index in [0.717, 1.165) is 43.9 Å². The third kappa shape index (κ3) is 5.39. The van der Waals surface area contributed by atoms with Crippen molar-refractivity contribution in [2.45, 2.75) is 57.5 Å². The molecule has 2 N–H and O–H groups in total. The van der Waals surface area contributed by atoms with E-state index in [-0.39, 0.29) is 0 Å². The zero-order valence-corrected chi connectivity index (χ0v) is 18.8. The van der Waals surface area contributed by atoms with E-state index >= 15 is 0 Å². The van der Waals surface area contributed by atoms with Gasteiger partial charge >= 0.3 is 0 Å². The summed E-state index contributed by atoms with van der Waals surface area (Å²) in [4.78, 5) is 10.1. The smallest absolute Gasteiger partial charge is 0.191 e. The molecule has 1 aromatic carbocycles. The summed E-state index contributed by atoms with van der Waals surface area (Å²) in [5.74, 6) is 2.52. The van der Waals surface area contributed by atoms with Gasteiger partial charge in [0, 0.05) is 63.1 Å². The molecule has 4 rings (SSSR count). The number of hydrogen-bond donors (Lipinski definition) is 2. The molecule has 0 aromatic heterocycles. The first kappa shape index (κ1) is 21.3. The van der Waals surface area contributed by atoms with Gasteiger partial charge in [0.25, 0.3) is 0 Å². The average molecular weight is 414 g/mol.